The van der Waals surface area contributed by atoms with Crippen LogP contribution in [-0.2, 0) is 0 Å². The van der Waals surface area contributed by atoms with Gasteiger partial charge in [-0.1, -0.05) is 31.4 Å². The minimum absolute atomic E-state index is 0.0494. The number of anilines is 2. The molecule has 1 aromatic carbocycles. The number of nitrogens with one attached hydrogen (secondary N) is 2. The summed E-state index contributed by atoms with van der Waals surface area (Å²) in [7, 11) is 1.89. The Morgan fingerprint density at radius 1 is 1.17 bits per heavy atom. The van der Waals surface area contributed by atoms with E-state index in [2.05, 4.69) is 40.7 Å². The van der Waals surface area contributed by atoms with E-state index < -0.39 is 0 Å². The second kappa shape index (κ2) is 4.30. The van der Waals surface area contributed by atoms with Crippen LogP contribution in [0.1, 0.15) is 37.7 Å². The van der Waals surface area contributed by atoms with Crippen molar-refractivity contribution >= 4 is 17.2 Å². The van der Waals surface area contributed by atoms with Gasteiger partial charge in [0.05, 0.1) is 16.9 Å². The molecule has 0 atom stereocenters. The maximum absolute atomic E-state index is 4.51. The molecule has 1 spiro atoms. The number of rotatable bonds is 0. The van der Waals surface area contributed by atoms with E-state index in [1.54, 1.807) is 0 Å². The first kappa shape index (κ1) is 11.6. The Bertz CT molecular complexity index is 485. The molecule has 0 bridgehead atoms. The third-order valence-corrected chi connectivity index (χ3v) is 4.27. The van der Waals surface area contributed by atoms with Crippen molar-refractivity contribution in [1.82, 2.24) is 0 Å². The van der Waals surface area contributed by atoms with E-state index >= 15 is 0 Å². The lowest BCUT2D eigenvalue weighted by Gasteiger charge is -2.44. The highest BCUT2D eigenvalue weighted by molar-refractivity contribution is 6.10. The van der Waals surface area contributed by atoms with Gasteiger partial charge < -0.3 is 10.6 Å². The van der Waals surface area contributed by atoms with E-state index in [1.807, 2.05) is 7.05 Å². The van der Waals surface area contributed by atoms with Crippen molar-refractivity contribution in [3.05, 3.63) is 23.8 Å². The topological polar surface area (TPSA) is 36.4 Å². The smallest absolute Gasteiger partial charge is 0.126 e. The van der Waals surface area contributed by atoms with Crippen LogP contribution in [0, 0.1) is 6.92 Å². The molecule has 1 saturated carbocycles. The van der Waals surface area contributed by atoms with E-state index in [-0.39, 0.29) is 5.54 Å². The summed E-state index contributed by atoms with van der Waals surface area (Å²) in [5, 5.41) is 7.32. The second-order valence-corrected chi connectivity index (χ2v) is 5.46. The Morgan fingerprint density at radius 2 is 1.94 bits per heavy atom. The molecule has 96 valence electrons. The summed E-state index contributed by atoms with van der Waals surface area (Å²) in [4.78, 5) is 4.51. The molecular weight excluding hydrogens is 222 g/mol. The molecule has 0 radical (unpaired) electrons. The van der Waals surface area contributed by atoms with Crippen LogP contribution in [0.5, 0.6) is 0 Å². The standard InChI is InChI=1S/C15H21N3/c1-11-7-6-8-12-13(11)17-14(16-2)15(18-12)9-4-3-5-10-15/h6-8,18H,3-5,9-10H2,1-2H3,(H,16,17). The summed E-state index contributed by atoms with van der Waals surface area (Å²) in [6.45, 7) is 2.14. The summed E-state index contributed by atoms with van der Waals surface area (Å²) >= 11 is 0. The zero-order chi connectivity index (χ0) is 12.6. The van der Waals surface area contributed by atoms with Crippen molar-refractivity contribution in [1.29, 1.82) is 0 Å². The van der Waals surface area contributed by atoms with Crippen LogP contribution < -0.4 is 10.6 Å². The fourth-order valence-electron chi connectivity index (χ4n) is 3.28. The number of aryl methyl sites for hydroxylation is 1. The average molecular weight is 243 g/mol. The van der Waals surface area contributed by atoms with E-state index in [1.165, 1.54) is 49.0 Å². The fourth-order valence-corrected chi connectivity index (χ4v) is 3.28. The first-order valence-corrected chi connectivity index (χ1v) is 6.87. The second-order valence-electron chi connectivity index (χ2n) is 5.46. The minimum Gasteiger partial charge on any atom is -0.371 e. The number of hydrogen-bond acceptors (Lipinski definition) is 2. The van der Waals surface area contributed by atoms with Crippen molar-refractivity contribution in [3.8, 4) is 0 Å². The number of hydrogen-bond donors (Lipinski definition) is 2. The van der Waals surface area contributed by atoms with E-state index in [9.17, 15) is 0 Å². The third-order valence-electron chi connectivity index (χ3n) is 4.27. The van der Waals surface area contributed by atoms with Gasteiger partial charge >= 0.3 is 0 Å². The van der Waals surface area contributed by atoms with Gasteiger partial charge in [-0.2, -0.15) is 0 Å². The van der Waals surface area contributed by atoms with Crippen LogP contribution in [0.3, 0.4) is 0 Å². The number of para-hydroxylation sites is 1. The molecule has 0 aromatic heterocycles. The highest BCUT2D eigenvalue weighted by Gasteiger charge is 2.40. The molecule has 2 aliphatic rings. The van der Waals surface area contributed by atoms with Gasteiger partial charge in [-0.05, 0) is 31.4 Å². The van der Waals surface area contributed by atoms with Crippen molar-refractivity contribution in [2.24, 2.45) is 4.99 Å². The van der Waals surface area contributed by atoms with Gasteiger partial charge in [0.25, 0.3) is 0 Å². The van der Waals surface area contributed by atoms with Crippen LogP contribution in [-0.4, -0.2) is 18.4 Å². The zero-order valence-electron chi connectivity index (χ0n) is 11.2. The molecule has 1 heterocycles. The highest BCUT2D eigenvalue weighted by atomic mass is 15.2. The van der Waals surface area contributed by atoms with Gasteiger partial charge in [0, 0.05) is 7.05 Å². The number of benzene rings is 1. The first-order chi connectivity index (χ1) is 8.75. The van der Waals surface area contributed by atoms with E-state index in [4.69, 9.17) is 0 Å². The zero-order valence-corrected chi connectivity index (χ0v) is 11.2. The Morgan fingerprint density at radius 3 is 2.67 bits per heavy atom. The Labute approximate surface area is 109 Å². The molecule has 1 aliphatic heterocycles. The summed E-state index contributed by atoms with van der Waals surface area (Å²) in [5.74, 6) is 1.11. The van der Waals surface area contributed by atoms with Crippen molar-refractivity contribution in [2.45, 2.75) is 44.6 Å². The number of fused-ring (bicyclic) bond motifs is 1. The normalized spacial score (nSPS) is 23.3. The van der Waals surface area contributed by atoms with Crippen LogP contribution in [0.2, 0.25) is 0 Å². The minimum atomic E-state index is 0.0494. The molecule has 3 nitrogen and oxygen atoms in total. The predicted octanol–water partition coefficient (Wildman–Crippen LogP) is 3.56. The molecule has 1 aromatic rings. The third kappa shape index (κ3) is 1.69. The fraction of sp³-hybridized carbons (Fsp3) is 0.533. The van der Waals surface area contributed by atoms with Gasteiger partial charge in [0.15, 0.2) is 0 Å². The lowest BCUT2D eigenvalue weighted by molar-refractivity contribution is 0.403. The Balaban J connectivity index is 2.04. The van der Waals surface area contributed by atoms with Crippen LogP contribution in [0.25, 0.3) is 0 Å². The van der Waals surface area contributed by atoms with Crippen molar-refractivity contribution in [2.75, 3.05) is 17.7 Å². The van der Waals surface area contributed by atoms with Gasteiger partial charge in [-0.25, -0.2) is 0 Å². The van der Waals surface area contributed by atoms with Gasteiger partial charge in [0.2, 0.25) is 0 Å². The lowest BCUT2D eigenvalue weighted by Crippen LogP contribution is -2.53. The molecular formula is C15H21N3. The molecule has 3 rings (SSSR count). The van der Waals surface area contributed by atoms with Crippen molar-refractivity contribution in [3.63, 3.8) is 0 Å². The van der Waals surface area contributed by atoms with E-state index in [0.29, 0.717) is 0 Å². The van der Waals surface area contributed by atoms with Crippen LogP contribution in [0.15, 0.2) is 23.2 Å². The summed E-state index contributed by atoms with van der Waals surface area (Å²) in [5.41, 5.74) is 3.73. The molecule has 3 heteroatoms. The largest absolute Gasteiger partial charge is 0.371 e. The van der Waals surface area contributed by atoms with Crippen LogP contribution in [0.4, 0.5) is 11.4 Å². The monoisotopic (exact) mass is 243 g/mol. The average Bonchev–Trinajstić information content (AvgIpc) is 2.39. The molecule has 1 fully saturated rings. The van der Waals surface area contributed by atoms with Gasteiger partial charge in [-0.15, -0.1) is 0 Å². The number of nitrogens with zero attached hydrogens (tertiary/aromatic N) is 1. The lowest BCUT2D eigenvalue weighted by atomic mass is 9.79. The number of amidine groups is 1. The first-order valence-electron chi connectivity index (χ1n) is 6.87. The molecule has 1 aliphatic carbocycles. The predicted molar refractivity (Wildman–Crippen MR) is 77.6 cm³/mol. The Kier molecular flexibility index (Phi) is 2.77. The highest BCUT2D eigenvalue weighted by Crippen LogP contribution is 2.40. The van der Waals surface area contributed by atoms with Gasteiger partial charge in [-0.3, -0.25) is 4.99 Å². The number of aliphatic imine (C=N–C) groups is 1. The summed E-state index contributed by atoms with van der Waals surface area (Å²) in [6.07, 6.45) is 6.28. The maximum atomic E-state index is 4.51. The van der Waals surface area contributed by atoms with Crippen molar-refractivity contribution < 1.29 is 0 Å². The summed E-state index contributed by atoms with van der Waals surface area (Å²) < 4.78 is 0. The SMILES string of the molecule is CN=C1Nc2c(C)cccc2NC12CCCCC2. The molecule has 0 unspecified atom stereocenters. The quantitative estimate of drug-likeness (QED) is 0.731. The van der Waals surface area contributed by atoms with Crippen LogP contribution >= 0.6 is 0 Å². The van der Waals surface area contributed by atoms with Gasteiger partial charge in [0.1, 0.15) is 5.84 Å². The molecule has 2 N–H and O–H groups in total. The van der Waals surface area contributed by atoms with E-state index in [0.717, 1.165) is 5.84 Å². The molecule has 0 saturated heterocycles. The summed E-state index contributed by atoms with van der Waals surface area (Å²) in [6, 6.07) is 6.42. The maximum Gasteiger partial charge on any atom is 0.126 e. The molecule has 0 amide bonds. The Hall–Kier alpha value is -1.51. The molecule has 18 heavy (non-hydrogen) atoms.